The molecular weight excluding hydrogens is 639 g/mol. The minimum absolute atomic E-state index is 0.260. The molecule has 0 saturated heterocycles. The molecule has 4 rings (SSSR count). The van der Waals surface area contributed by atoms with Crippen molar-refractivity contribution in [3.63, 3.8) is 0 Å². The molecule has 2 saturated carbocycles. The van der Waals surface area contributed by atoms with Gasteiger partial charge in [0.2, 0.25) is 23.6 Å². The van der Waals surface area contributed by atoms with E-state index in [0.29, 0.717) is 36.9 Å². The molecular formula is C34H49N4O9P. The van der Waals surface area contributed by atoms with Gasteiger partial charge in [0.1, 0.15) is 11.6 Å². The first-order chi connectivity index (χ1) is 22.7. The molecule has 264 valence electrons. The van der Waals surface area contributed by atoms with Gasteiger partial charge in [-0.05, 0) is 48.6 Å². The van der Waals surface area contributed by atoms with Crippen molar-refractivity contribution in [3.05, 3.63) is 47.5 Å². The van der Waals surface area contributed by atoms with Gasteiger partial charge >= 0.3 is 13.6 Å². The van der Waals surface area contributed by atoms with E-state index in [4.69, 9.17) is 5.73 Å². The molecule has 13 nitrogen and oxygen atoms in total. The zero-order chi connectivity index (χ0) is 35.0. The van der Waals surface area contributed by atoms with E-state index < -0.39 is 79.6 Å². The summed E-state index contributed by atoms with van der Waals surface area (Å²) in [5.74, 6) is -5.66. The Labute approximate surface area is 281 Å². The van der Waals surface area contributed by atoms with Crippen LogP contribution in [0, 0.1) is 11.3 Å². The lowest BCUT2D eigenvalue weighted by Gasteiger charge is -2.39. The van der Waals surface area contributed by atoms with E-state index >= 15 is 0 Å². The zero-order valence-electron chi connectivity index (χ0n) is 27.3. The Kier molecular flexibility index (Phi) is 12.6. The zero-order valence-corrected chi connectivity index (χ0v) is 28.2. The highest BCUT2D eigenvalue weighted by atomic mass is 31.2. The van der Waals surface area contributed by atoms with Crippen LogP contribution in [0.5, 0.6) is 0 Å². The van der Waals surface area contributed by atoms with Gasteiger partial charge in [-0.15, -0.1) is 0 Å². The van der Waals surface area contributed by atoms with E-state index in [9.17, 15) is 43.4 Å². The fourth-order valence-corrected chi connectivity index (χ4v) is 8.21. The number of carboxylic acids is 1. The van der Waals surface area contributed by atoms with E-state index in [1.807, 2.05) is 12.2 Å². The summed E-state index contributed by atoms with van der Waals surface area (Å²) >= 11 is 0. The van der Waals surface area contributed by atoms with Crippen molar-refractivity contribution in [2.75, 3.05) is 6.54 Å². The van der Waals surface area contributed by atoms with Crippen molar-refractivity contribution < 1.29 is 43.4 Å². The number of nitrogens with two attached hydrogens (primary N) is 1. The molecule has 1 unspecified atom stereocenters. The van der Waals surface area contributed by atoms with Crippen LogP contribution in [-0.4, -0.2) is 62.6 Å². The fourth-order valence-electron chi connectivity index (χ4n) is 7.53. The van der Waals surface area contributed by atoms with E-state index in [1.54, 1.807) is 24.3 Å². The second-order valence-electron chi connectivity index (χ2n) is 13.9. The van der Waals surface area contributed by atoms with Crippen LogP contribution in [0.1, 0.15) is 107 Å². The van der Waals surface area contributed by atoms with E-state index in [-0.39, 0.29) is 18.3 Å². The average molecular weight is 689 g/mol. The maximum Gasteiger partial charge on any atom is 0.329 e. The Morgan fingerprint density at radius 2 is 1.48 bits per heavy atom. The summed E-state index contributed by atoms with van der Waals surface area (Å²) in [5, 5.41) is 18.6. The van der Waals surface area contributed by atoms with Gasteiger partial charge in [-0.3, -0.25) is 28.5 Å². The number of nitrogens with one attached hydrogen (secondary N) is 3. The van der Waals surface area contributed by atoms with Crippen molar-refractivity contribution in [2.45, 2.75) is 114 Å². The molecule has 1 aromatic rings. The molecule has 8 N–H and O–H groups in total. The number of carbonyl (C=O) groups excluding carboxylic acids is 4. The molecule has 1 aliphatic heterocycles. The summed E-state index contributed by atoms with van der Waals surface area (Å²) in [6.45, 7) is 0.296. The molecule has 3 atom stereocenters. The smallest absolute Gasteiger partial charge is 0.329 e. The first kappa shape index (κ1) is 37.3. The van der Waals surface area contributed by atoms with E-state index in [1.165, 1.54) is 0 Å². The fraction of sp³-hybridized carbons (Fsp3) is 0.618. The number of aliphatic carboxylic acids is 1. The van der Waals surface area contributed by atoms with Crippen molar-refractivity contribution in [2.24, 2.45) is 17.1 Å². The topological polar surface area (TPSA) is 225 Å². The summed E-state index contributed by atoms with van der Waals surface area (Å²) in [6, 6.07) is 5.17. The third-order valence-corrected chi connectivity index (χ3v) is 10.9. The minimum atomic E-state index is -4.33. The van der Waals surface area contributed by atoms with Gasteiger partial charge in [-0.1, -0.05) is 81.4 Å². The van der Waals surface area contributed by atoms with Gasteiger partial charge in [-0.25, -0.2) is 0 Å². The van der Waals surface area contributed by atoms with Gasteiger partial charge in [0.25, 0.3) is 0 Å². The summed E-state index contributed by atoms with van der Waals surface area (Å²) in [7, 11) is -4.33. The van der Waals surface area contributed by atoms with Crippen molar-refractivity contribution in [3.8, 4) is 0 Å². The van der Waals surface area contributed by atoms with Crippen molar-refractivity contribution in [1.29, 1.82) is 0 Å². The highest BCUT2D eigenvalue weighted by Gasteiger charge is 2.45. The molecule has 14 heteroatoms. The lowest BCUT2D eigenvalue weighted by atomic mass is 9.76. The van der Waals surface area contributed by atoms with Gasteiger partial charge in [0, 0.05) is 12.5 Å². The number of rotatable bonds is 7. The quantitative estimate of drug-likeness (QED) is 0.165. The van der Waals surface area contributed by atoms with Crippen LogP contribution in [0.4, 0.5) is 0 Å². The SMILES string of the molecule is NC(=O)CC1NC(=O)C2(CCCCC2)NC(=O)[C@@H](CC(=O)O)[C@@H](c2ccc(CP(=O)(O)O)cc2)/C=C/CC2(CCCCCC2)CNC1=O. The largest absolute Gasteiger partial charge is 0.481 e. The van der Waals surface area contributed by atoms with Gasteiger partial charge in [0.15, 0.2) is 0 Å². The molecule has 1 aromatic carbocycles. The third-order valence-electron chi connectivity index (χ3n) is 10.1. The predicted molar refractivity (Wildman–Crippen MR) is 177 cm³/mol. The molecule has 1 heterocycles. The molecule has 2 aliphatic carbocycles. The second kappa shape index (κ2) is 16.2. The number of benzene rings is 1. The maximum atomic E-state index is 14.3. The number of amides is 4. The monoisotopic (exact) mass is 688 g/mol. The summed E-state index contributed by atoms with van der Waals surface area (Å²) in [4.78, 5) is 85.1. The van der Waals surface area contributed by atoms with Crippen LogP contribution in [0.2, 0.25) is 0 Å². The van der Waals surface area contributed by atoms with Gasteiger partial charge < -0.3 is 36.6 Å². The highest BCUT2D eigenvalue weighted by Crippen LogP contribution is 2.41. The van der Waals surface area contributed by atoms with E-state index in [2.05, 4.69) is 16.0 Å². The molecule has 0 radical (unpaired) electrons. The van der Waals surface area contributed by atoms with Gasteiger partial charge in [-0.2, -0.15) is 0 Å². The summed E-state index contributed by atoms with van der Waals surface area (Å²) < 4.78 is 11.6. The summed E-state index contributed by atoms with van der Waals surface area (Å²) in [5.41, 5.74) is 4.68. The number of primary amides is 1. The minimum Gasteiger partial charge on any atom is -0.481 e. The van der Waals surface area contributed by atoms with Crippen LogP contribution in [0.25, 0.3) is 0 Å². The Hall–Kier alpha value is -3.54. The number of hydrogen-bond donors (Lipinski definition) is 7. The van der Waals surface area contributed by atoms with Crippen LogP contribution in [0.15, 0.2) is 36.4 Å². The van der Waals surface area contributed by atoms with Crippen LogP contribution in [0.3, 0.4) is 0 Å². The standard InChI is InChI=1S/C34H49N4O9P/c35-28(39)20-27-31(43)36-22-33(14-4-1-2-5-15-33)16-8-9-25(24-12-10-23(11-13-24)21-48(45,46)47)26(19-29(40)41)30(42)38-34(32(44)37-27)17-6-3-7-18-34/h8-13,25-27H,1-7,14-22H2,(H2,35,39)(H,36,43)(H,37,44)(H,38,42)(H,40,41)(H2,45,46,47)/b9-8+/t25-,26+,27?/m1/s1. The number of carbonyl (C=O) groups is 5. The average Bonchev–Trinajstić information content (AvgIpc) is 3.26. The molecule has 2 spiro atoms. The number of allylic oxidation sites excluding steroid dienone is 2. The van der Waals surface area contributed by atoms with E-state index in [0.717, 1.165) is 44.9 Å². The third kappa shape index (κ3) is 10.2. The molecule has 4 amide bonds. The molecule has 3 aliphatic rings. The predicted octanol–water partition coefficient (Wildman–Crippen LogP) is 3.13. The number of carboxylic acid groups (broad SMARTS) is 1. The Morgan fingerprint density at radius 3 is 2.06 bits per heavy atom. The molecule has 0 aromatic heterocycles. The normalized spacial score (nSPS) is 26.2. The molecule has 2 fully saturated rings. The molecule has 0 bridgehead atoms. The first-order valence-electron chi connectivity index (χ1n) is 16.9. The van der Waals surface area contributed by atoms with Crippen LogP contribution in [-0.2, 0) is 34.7 Å². The first-order valence-corrected chi connectivity index (χ1v) is 18.7. The lowest BCUT2D eigenvalue weighted by Crippen LogP contribution is -2.64. The van der Waals surface area contributed by atoms with Crippen molar-refractivity contribution >= 4 is 37.2 Å². The Balaban J connectivity index is 1.81. The second-order valence-corrected chi connectivity index (χ2v) is 15.5. The van der Waals surface area contributed by atoms with Crippen LogP contribution < -0.4 is 21.7 Å². The van der Waals surface area contributed by atoms with Crippen LogP contribution >= 0.6 is 7.60 Å². The Bertz CT molecular complexity index is 1410. The number of hydrogen-bond acceptors (Lipinski definition) is 6. The van der Waals surface area contributed by atoms with Gasteiger partial charge in [0.05, 0.1) is 24.9 Å². The highest BCUT2D eigenvalue weighted by molar-refractivity contribution is 7.50. The maximum absolute atomic E-state index is 14.3. The molecule has 48 heavy (non-hydrogen) atoms. The Morgan fingerprint density at radius 1 is 0.875 bits per heavy atom. The van der Waals surface area contributed by atoms with Crippen molar-refractivity contribution in [1.82, 2.24) is 16.0 Å². The summed E-state index contributed by atoms with van der Waals surface area (Å²) in [6.07, 6.45) is 11.0. The lowest BCUT2D eigenvalue weighted by molar-refractivity contribution is -0.143.